The molecule has 1 aromatic carbocycles. The Hall–Kier alpha value is -3.81. The number of nitrogens with zero attached hydrogens (tertiary/aromatic N) is 3. The highest BCUT2D eigenvalue weighted by Gasteiger charge is 2.37. The second-order valence-electron chi connectivity index (χ2n) is 9.56. The van der Waals surface area contributed by atoms with E-state index in [0.717, 1.165) is 5.39 Å². The number of thiazole rings is 1. The van der Waals surface area contributed by atoms with Crippen LogP contribution in [-0.4, -0.2) is 70.8 Å². The summed E-state index contributed by atoms with van der Waals surface area (Å²) >= 11 is 7.26. The molecule has 3 atom stereocenters. The lowest BCUT2D eigenvalue weighted by molar-refractivity contribution is -0.122. The molecular formula is C26H32ClN9O3S. The van der Waals surface area contributed by atoms with Gasteiger partial charge in [-0.1, -0.05) is 11.6 Å². The number of guanidine groups is 1. The molecule has 4 rings (SSSR count). The SMILES string of the molecule is CNC(=O)C(CCCCNC(=N)N)NC(=O)c1csc([C@@H]2C[C@@H](N)CN2C(=O)c2ccc3nc(Cl)ccc3c2)n1. The third-order valence-electron chi connectivity index (χ3n) is 6.64. The van der Waals surface area contributed by atoms with Gasteiger partial charge in [-0.25, -0.2) is 9.97 Å². The summed E-state index contributed by atoms with van der Waals surface area (Å²) in [4.78, 5) is 49.4. The van der Waals surface area contributed by atoms with E-state index in [2.05, 4.69) is 25.9 Å². The predicted octanol–water partition coefficient (Wildman–Crippen LogP) is 1.76. The number of likely N-dealkylation sites (tertiary alicyclic amines) is 1. The third kappa shape index (κ3) is 7.03. The maximum Gasteiger partial charge on any atom is 0.271 e. The highest BCUT2D eigenvalue weighted by atomic mass is 35.5. The number of nitrogens with one attached hydrogen (secondary N) is 4. The van der Waals surface area contributed by atoms with Crippen LogP contribution >= 0.6 is 22.9 Å². The zero-order chi connectivity index (χ0) is 28.8. The van der Waals surface area contributed by atoms with Crippen molar-refractivity contribution >= 4 is 57.5 Å². The number of pyridine rings is 1. The van der Waals surface area contributed by atoms with Crippen LogP contribution in [0.2, 0.25) is 5.15 Å². The quantitative estimate of drug-likeness (QED) is 0.0896. The van der Waals surface area contributed by atoms with E-state index in [-0.39, 0.29) is 35.6 Å². The van der Waals surface area contributed by atoms with E-state index >= 15 is 0 Å². The monoisotopic (exact) mass is 585 g/mol. The van der Waals surface area contributed by atoms with Crippen LogP contribution in [0.5, 0.6) is 0 Å². The zero-order valence-corrected chi connectivity index (χ0v) is 23.5. The fraction of sp³-hybridized carbons (Fsp3) is 0.385. The van der Waals surface area contributed by atoms with Gasteiger partial charge in [-0.3, -0.25) is 19.8 Å². The van der Waals surface area contributed by atoms with Crippen molar-refractivity contribution in [3.05, 3.63) is 57.1 Å². The number of hydrogen-bond acceptors (Lipinski definition) is 8. The Morgan fingerprint density at radius 1 is 1.23 bits per heavy atom. The number of fused-ring (bicyclic) bond motifs is 1. The summed E-state index contributed by atoms with van der Waals surface area (Å²) in [5.74, 6) is -1.08. The molecule has 212 valence electrons. The number of unbranched alkanes of at least 4 members (excludes halogenated alkanes) is 1. The average molecular weight is 586 g/mol. The lowest BCUT2D eigenvalue weighted by Gasteiger charge is -2.23. The first-order valence-electron chi connectivity index (χ1n) is 12.8. The number of nitrogens with two attached hydrogens (primary N) is 2. The minimum Gasteiger partial charge on any atom is -0.370 e. The predicted molar refractivity (Wildman–Crippen MR) is 154 cm³/mol. The van der Waals surface area contributed by atoms with Gasteiger partial charge in [-0.15, -0.1) is 11.3 Å². The lowest BCUT2D eigenvalue weighted by Crippen LogP contribution is -2.45. The number of aromatic nitrogens is 2. The smallest absolute Gasteiger partial charge is 0.271 e. The van der Waals surface area contributed by atoms with Gasteiger partial charge >= 0.3 is 0 Å². The molecular weight excluding hydrogens is 554 g/mol. The summed E-state index contributed by atoms with van der Waals surface area (Å²) in [6.45, 7) is 0.862. The van der Waals surface area contributed by atoms with Gasteiger partial charge in [0.05, 0.1) is 11.6 Å². The van der Waals surface area contributed by atoms with Crippen LogP contribution in [0.4, 0.5) is 0 Å². The summed E-state index contributed by atoms with van der Waals surface area (Å²) in [6, 6.07) is 7.39. The number of benzene rings is 1. The van der Waals surface area contributed by atoms with Crippen LogP contribution in [0.15, 0.2) is 35.7 Å². The first-order chi connectivity index (χ1) is 19.2. The molecule has 3 heterocycles. The second-order valence-corrected chi connectivity index (χ2v) is 10.8. The van der Waals surface area contributed by atoms with E-state index in [4.69, 9.17) is 28.5 Å². The normalized spacial score (nSPS) is 17.4. The summed E-state index contributed by atoms with van der Waals surface area (Å²) in [5.41, 5.74) is 12.9. The van der Waals surface area contributed by atoms with Crippen LogP contribution in [0.1, 0.15) is 57.6 Å². The number of amides is 3. The highest BCUT2D eigenvalue weighted by Crippen LogP contribution is 2.35. The average Bonchev–Trinajstić information content (AvgIpc) is 3.58. The van der Waals surface area contributed by atoms with Crippen molar-refractivity contribution in [1.82, 2.24) is 30.8 Å². The van der Waals surface area contributed by atoms with Gasteiger partial charge < -0.3 is 32.3 Å². The van der Waals surface area contributed by atoms with Gasteiger partial charge in [0.25, 0.3) is 11.8 Å². The zero-order valence-electron chi connectivity index (χ0n) is 21.9. The van der Waals surface area contributed by atoms with Gasteiger partial charge in [0.1, 0.15) is 21.9 Å². The van der Waals surface area contributed by atoms with E-state index in [1.807, 2.05) is 6.07 Å². The molecule has 14 heteroatoms. The van der Waals surface area contributed by atoms with Crippen molar-refractivity contribution in [1.29, 1.82) is 5.41 Å². The summed E-state index contributed by atoms with van der Waals surface area (Å²) < 4.78 is 0. The number of halogens is 1. The first-order valence-corrected chi connectivity index (χ1v) is 14.1. The maximum atomic E-state index is 13.5. The molecule has 0 bridgehead atoms. The standard InChI is InChI=1S/C26H32ClN9O3S/c1-31-22(37)18(4-2-3-9-32-26(29)30)34-23(38)19-13-40-24(35-19)20-11-16(28)12-36(20)25(39)15-5-7-17-14(10-15)6-8-21(27)33-17/h5-8,10,13,16,18,20H,2-4,9,11-12,28H2,1H3,(H,31,37)(H,34,38)(H4,29,30,32)/t16-,18?,20+/m1/s1. The molecule has 40 heavy (non-hydrogen) atoms. The summed E-state index contributed by atoms with van der Waals surface area (Å²) in [5, 5.41) is 18.6. The van der Waals surface area contributed by atoms with Crippen molar-refractivity contribution in [3.63, 3.8) is 0 Å². The van der Waals surface area contributed by atoms with Gasteiger partial charge in [-0.05, 0) is 56.0 Å². The third-order valence-corrected chi connectivity index (χ3v) is 7.80. The van der Waals surface area contributed by atoms with E-state index in [0.29, 0.717) is 60.0 Å². The molecule has 1 aliphatic rings. The summed E-state index contributed by atoms with van der Waals surface area (Å²) in [7, 11) is 1.51. The molecule has 0 radical (unpaired) electrons. The number of hydrogen-bond donors (Lipinski definition) is 6. The number of carbonyl (C=O) groups excluding carboxylic acids is 3. The Kier molecular flexibility index (Phi) is 9.50. The Morgan fingerprint density at radius 2 is 2.02 bits per heavy atom. The first kappa shape index (κ1) is 29.2. The molecule has 0 aliphatic carbocycles. The second kappa shape index (κ2) is 13.0. The molecule has 2 aromatic heterocycles. The molecule has 1 unspecified atom stereocenters. The van der Waals surface area contributed by atoms with Gasteiger partial charge in [0, 0.05) is 42.5 Å². The van der Waals surface area contributed by atoms with Crippen LogP contribution < -0.4 is 27.4 Å². The minimum atomic E-state index is -0.741. The van der Waals surface area contributed by atoms with Crippen molar-refractivity contribution < 1.29 is 14.4 Å². The van der Waals surface area contributed by atoms with E-state index in [9.17, 15) is 14.4 Å². The summed E-state index contributed by atoms with van der Waals surface area (Å²) in [6.07, 6.45) is 2.24. The van der Waals surface area contributed by atoms with Crippen LogP contribution in [-0.2, 0) is 4.79 Å². The maximum absolute atomic E-state index is 13.5. The highest BCUT2D eigenvalue weighted by molar-refractivity contribution is 7.09. The van der Waals surface area contributed by atoms with E-state index < -0.39 is 11.9 Å². The van der Waals surface area contributed by atoms with E-state index in [1.54, 1.807) is 34.5 Å². The van der Waals surface area contributed by atoms with Crippen molar-refractivity contribution in [2.45, 2.75) is 43.8 Å². The number of likely N-dealkylation sites (N-methyl/N-ethyl adjacent to an activating group) is 1. The molecule has 3 aromatic rings. The molecule has 12 nitrogen and oxygen atoms in total. The van der Waals surface area contributed by atoms with Crippen LogP contribution in [0.25, 0.3) is 10.9 Å². The Bertz CT molecular complexity index is 1420. The molecule has 1 fully saturated rings. The van der Waals surface area contributed by atoms with Gasteiger partial charge in [0.15, 0.2) is 5.96 Å². The topological polar surface area (TPSA) is 192 Å². The van der Waals surface area contributed by atoms with Gasteiger partial charge in [0.2, 0.25) is 5.91 Å². The Morgan fingerprint density at radius 3 is 2.77 bits per heavy atom. The lowest BCUT2D eigenvalue weighted by atomic mass is 10.1. The molecule has 0 saturated carbocycles. The van der Waals surface area contributed by atoms with Crippen molar-refractivity contribution in [3.8, 4) is 0 Å². The Balaban J connectivity index is 1.44. The molecule has 1 aliphatic heterocycles. The fourth-order valence-corrected chi connectivity index (χ4v) is 5.72. The van der Waals surface area contributed by atoms with Crippen LogP contribution in [0.3, 0.4) is 0 Å². The Labute approximate surface area is 240 Å². The van der Waals surface area contributed by atoms with Crippen molar-refractivity contribution in [2.75, 3.05) is 20.1 Å². The van der Waals surface area contributed by atoms with Crippen molar-refractivity contribution in [2.24, 2.45) is 11.5 Å². The fourth-order valence-electron chi connectivity index (χ4n) is 4.64. The number of rotatable bonds is 10. The molecule has 1 saturated heterocycles. The molecule has 3 amide bonds. The van der Waals surface area contributed by atoms with Gasteiger partial charge in [-0.2, -0.15) is 0 Å². The minimum absolute atomic E-state index is 0.112. The van der Waals surface area contributed by atoms with Crippen LogP contribution in [0, 0.1) is 5.41 Å². The molecule has 0 spiro atoms. The number of carbonyl (C=O) groups is 3. The van der Waals surface area contributed by atoms with E-state index in [1.165, 1.54) is 18.4 Å². The largest absolute Gasteiger partial charge is 0.370 e. The molecule has 8 N–H and O–H groups in total.